The summed E-state index contributed by atoms with van der Waals surface area (Å²) in [6, 6.07) is 2.16. The van der Waals surface area contributed by atoms with E-state index >= 15 is 0 Å². The Kier molecular flexibility index (Phi) is 3.64. The Morgan fingerprint density at radius 3 is 2.76 bits per heavy atom. The molecule has 0 aliphatic heterocycles. The van der Waals surface area contributed by atoms with Crippen molar-refractivity contribution < 1.29 is 0 Å². The van der Waals surface area contributed by atoms with Crippen LogP contribution in [0.5, 0.6) is 0 Å². The van der Waals surface area contributed by atoms with Gasteiger partial charge in [-0.25, -0.2) is 0 Å². The summed E-state index contributed by atoms with van der Waals surface area (Å²) in [6.07, 6.45) is 6.23. The van der Waals surface area contributed by atoms with Crippen molar-refractivity contribution in [3.63, 3.8) is 0 Å². The van der Waals surface area contributed by atoms with Gasteiger partial charge < -0.3 is 9.88 Å². The summed E-state index contributed by atoms with van der Waals surface area (Å²) in [5, 5.41) is 7.67. The molecule has 0 aliphatic carbocycles. The number of hydrogen-bond donors (Lipinski definition) is 1. The van der Waals surface area contributed by atoms with Crippen molar-refractivity contribution in [3.05, 3.63) is 41.5 Å². The molecule has 2 aromatic heterocycles. The summed E-state index contributed by atoms with van der Waals surface area (Å²) in [5.41, 5.74) is 3.82. The van der Waals surface area contributed by atoms with E-state index in [2.05, 4.69) is 47.3 Å². The molecule has 0 saturated carbocycles. The molecule has 0 unspecified atom stereocenters. The van der Waals surface area contributed by atoms with Gasteiger partial charge in [-0.15, -0.1) is 0 Å². The van der Waals surface area contributed by atoms with Gasteiger partial charge in [0.1, 0.15) is 0 Å². The van der Waals surface area contributed by atoms with Gasteiger partial charge in [-0.1, -0.05) is 0 Å². The van der Waals surface area contributed by atoms with Gasteiger partial charge in [0.2, 0.25) is 0 Å². The number of rotatable bonds is 5. The lowest BCUT2D eigenvalue weighted by atomic mass is 10.2. The molecule has 1 N–H and O–H groups in total. The monoisotopic (exact) mass is 232 g/mol. The average molecular weight is 232 g/mol. The molecule has 4 nitrogen and oxygen atoms in total. The number of aromatic nitrogens is 3. The van der Waals surface area contributed by atoms with Crippen molar-refractivity contribution in [2.75, 3.05) is 0 Å². The van der Waals surface area contributed by atoms with E-state index in [1.807, 2.05) is 17.9 Å². The molecule has 2 aromatic rings. The Morgan fingerprint density at radius 1 is 1.35 bits per heavy atom. The molecule has 0 fully saturated rings. The van der Waals surface area contributed by atoms with Crippen molar-refractivity contribution >= 4 is 0 Å². The molecule has 4 heteroatoms. The Balaban J connectivity index is 1.85. The average Bonchev–Trinajstić information content (AvgIpc) is 2.90. The van der Waals surface area contributed by atoms with Crippen LogP contribution in [0.4, 0.5) is 0 Å². The van der Waals surface area contributed by atoms with E-state index in [0.29, 0.717) is 0 Å². The number of hydrogen-bond acceptors (Lipinski definition) is 2. The van der Waals surface area contributed by atoms with Gasteiger partial charge in [-0.2, -0.15) is 5.10 Å². The van der Waals surface area contributed by atoms with E-state index in [9.17, 15) is 0 Å². The normalized spacial score (nSPS) is 11.0. The number of aryl methyl sites for hydroxylation is 2. The minimum Gasteiger partial charge on any atom is -0.354 e. The van der Waals surface area contributed by atoms with Crippen LogP contribution in [-0.2, 0) is 26.7 Å². The van der Waals surface area contributed by atoms with E-state index in [4.69, 9.17) is 0 Å². The second-order valence-electron chi connectivity index (χ2n) is 4.33. The first-order chi connectivity index (χ1) is 8.20. The lowest BCUT2D eigenvalue weighted by molar-refractivity contribution is 0.681. The van der Waals surface area contributed by atoms with Gasteiger partial charge >= 0.3 is 0 Å². The lowest BCUT2D eigenvalue weighted by Gasteiger charge is -2.03. The Bertz CT molecular complexity index is 481. The Morgan fingerprint density at radius 2 is 2.18 bits per heavy atom. The molecule has 0 aromatic carbocycles. The zero-order valence-electron chi connectivity index (χ0n) is 10.8. The van der Waals surface area contributed by atoms with Crippen LogP contribution >= 0.6 is 0 Å². The molecular weight excluding hydrogens is 212 g/mol. The van der Waals surface area contributed by atoms with Crippen molar-refractivity contribution in [1.29, 1.82) is 0 Å². The van der Waals surface area contributed by atoms with Gasteiger partial charge in [0, 0.05) is 50.3 Å². The third kappa shape index (κ3) is 2.77. The van der Waals surface area contributed by atoms with E-state index in [0.717, 1.165) is 19.6 Å². The highest BCUT2D eigenvalue weighted by molar-refractivity contribution is 5.16. The van der Waals surface area contributed by atoms with Crippen molar-refractivity contribution in [1.82, 2.24) is 19.7 Å². The highest BCUT2D eigenvalue weighted by atomic mass is 15.3. The van der Waals surface area contributed by atoms with Gasteiger partial charge in [-0.05, 0) is 25.5 Å². The fourth-order valence-electron chi connectivity index (χ4n) is 1.85. The SMILES string of the molecule is CCn1ccc(CNCc2cnn(C)c2C)c1. The number of nitrogens with zero attached hydrogens (tertiary/aromatic N) is 3. The van der Waals surface area contributed by atoms with Gasteiger partial charge in [0.15, 0.2) is 0 Å². The minimum atomic E-state index is 0.872. The van der Waals surface area contributed by atoms with Crippen molar-refractivity contribution in [2.45, 2.75) is 33.5 Å². The Hall–Kier alpha value is -1.55. The maximum atomic E-state index is 4.23. The topological polar surface area (TPSA) is 34.8 Å². The van der Waals surface area contributed by atoms with E-state index < -0.39 is 0 Å². The molecule has 2 rings (SSSR count). The van der Waals surface area contributed by atoms with Crippen LogP contribution in [-0.4, -0.2) is 14.3 Å². The standard InChI is InChI=1S/C13H20N4/c1-4-17-6-5-12(10-17)7-14-8-13-9-15-16(3)11(13)2/h5-6,9-10,14H,4,7-8H2,1-3H3. The predicted octanol–water partition coefficient (Wildman–Crippen LogP) is 1.84. The molecule has 92 valence electrons. The lowest BCUT2D eigenvalue weighted by Crippen LogP contribution is -2.12. The summed E-state index contributed by atoms with van der Waals surface area (Å²) < 4.78 is 4.09. The maximum absolute atomic E-state index is 4.23. The molecule has 0 spiro atoms. The van der Waals surface area contributed by atoms with Crippen molar-refractivity contribution in [2.24, 2.45) is 7.05 Å². The van der Waals surface area contributed by atoms with Crippen LogP contribution in [0.2, 0.25) is 0 Å². The first-order valence-corrected chi connectivity index (χ1v) is 6.03. The van der Waals surface area contributed by atoms with Crippen LogP contribution in [0.1, 0.15) is 23.7 Å². The fourth-order valence-corrected chi connectivity index (χ4v) is 1.85. The highest BCUT2D eigenvalue weighted by Crippen LogP contribution is 2.06. The van der Waals surface area contributed by atoms with E-state index in [1.54, 1.807) is 0 Å². The Labute approximate surface area is 102 Å². The maximum Gasteiger partial charge on any atom is 0.0537 e. The second kappa shape index (κ2) is 5.19. The molecule has 0 bridgehead atoms. The van der Waals surface area contributed by atoms with Crippen LogP contribution < -0.4 is 5.32 Å². The first kappa shape index (κ1) is 11.9. The summed E-state index contributed by atoms with van der Waals surface area (Å²) in [5.74, 6) is 0. The zero-order valence-corrected chi connectivity index (χ0v) is 10.8. The fraction of sp³-hybridized carbons (Fsp3) is 0.462. The highest BCUT2D eigenvalue weighted by Gasteiger charge is 2.03. The molecular formula is C13H20N4. The van der Waals surface area contributed by atoms with Crippen molar-refractivity contribution in [3.8, 4) is 0 Å². The molecule has 0 saturated heterocycles. The van der Waals surface area contributed by atoms with Gasteiger partial charge in [0.25, 0.3) is 0 Å². The van der Waals surface area contributed by atoms with E-state index in [-0.39, 0.29) is 0 Å². The van der Waals surface area contributed by atoms with Crippen LogP contribution in [0.3, 0.4) is 0 Å². The number of nitrogens with one attached hydrogen (secondary N) is 1. The summed E-state index contributed by atoms with van der Waals surface area (Å²) in [4.78, 5) is 0. The minimum absolute atomic E-state index is 0.872. The molecule has 0 atom stereocenters. The van der Waals surface area contributed by atoms with Crippen LogP contribution in [0.15, 0.2) is 24.7 Å². The summed E-state index contributed by atoms with van der Waals surface area (Å²) in [6.45, 7) is 7.05. The summed E-state index contributed by atoms with van der Waals surface area (Å²) in [7, 11) is 1.97. The first-order valence-electron chi connectivity index (χ1n) is 6.03. The molecule has 17 heavy (non-hydrogen) atoms. The zero-order chi connectivity index (χ0) is 12.3. The van der Waals surface area contributed by atoms with E-state index in [1.165, 1.54) is 16.8 Å². The molecule has 0 amide bonds. The third-order valence-electron chi connectivity index (χ3n) is 3.16. The van der Waals surface area contributed by atoms with Crippen LogP contribution in [0.25, 0.3) is 0 Å². The third-order valence-corrected chi connectivity index (χ3v) is 3.16. The predicted molar refractivity (Wildman–Crippen MR) is 68.6 cm³/mol. The van der Waals surface area contributed by atoms with Gasteiger partial charge in [-0.3, -0.25) is 4.68 Å². The second-order valence-corrected chi connectivity index (χ2v) is 4.33. The molecule has 2 heterocycles. The van der Waals surface area contributed by atoms with Crippen LogP contribution in [0, 0.1) is 6.92 Å². The molecule has 0 radical (unpaired) electrons. The quantitative estimate of drug-likeness (QED) is 0.853. The summed E-state index contributed by atoms with van der Waals surface area (Å²) >= 11 is 0. The van der Waals surface area contributed by atoms with Gasteiger partial charge in [0.05, 0.1) is 6.20 Å². The smallest absolute Gasteiger partial charge is 0.0537 e. The molecule has 0 aliphatic rings. The largest absolute Gasteiger partial charge is 0.354 e.